The summed E-state index contributed by atoms with van der Waals surface area (Å²) in [5.74, 6) is 0. The Labute approximate surface area is 162 Å². The number of hydrogen-bond acceptors (Lipinski definition) is 1. The molecule has 0 aliphatic heterocycles. The van der Waals surface area contributed by atoms with Gasteiger partial charge in [0.2, 0.25) is 0 Å². The van der Waals surface area contributed by atoms with Gasteiger partial charge in [0.25, 0.3) is 0 Å². The fourth-order valence-corrected chi connectivity index (χ4v) is 4.75. The molecule has 0 unspecified atom stereocenters. The molecule has 0 saturated carbocycles. The second-order valence-electron chi connectivity index (χ2n) is 6.11. The van der Waals surface area contributed by atoms with Crippen molar-refractivity contribution in [1.29, 1.82) is 0 Å². The molecule has 124 valence electrons. The van der Waals surface area contributed by atoms with E-state index in [1.807, 2.05) is 42.1 Å². The second-order valence-corrected chi connectivity index (χ2v) is 8.09. The first-order chi connectivity index (χ1) is 12.2. The number of halogens is 2. The van der Waals surface area contributed by atoms with Gasteiger partial charge in [-0.05, 0) is 53.9 Å². The van der Waals surface area contributed by atoms with Gasteiger partial charge in [-0.3, -0.25) is 0 Å². The maximum Gasteiger partial charge on any atom is 0.0545 e. The molecular weight excluding hydrogens is 367 g/mol. The molecule has 4 rings (SSSR count). The van der Waals surface area contributed by atoms with E-state index in [1.54, 1.807) is 0 Å². The van der Waals surface area contributed by atoms with Crippen LogP contribution in [0.25, 0.3) is 0 Å². The minimum Gasteiger partial charge on any atom is -0.0936 e. The molecule has 0 fully saturated rings. The van der Waals surface area contributed by atoms with Gasteiger partial charge in [0.05, 0.1) is 5.41 Å². The van der Waals surface area contributed by atoms with Crippen LogP contribution in [0.2, 0.25) is 10.0 Å². The van der Waals surface area contributed by atoms with Crippen molar-refractivity contribution in [2.45, 2.75) is 16.7 Å². The van der Waals surface area contributed by atoms with Crippen molar-refractivity contribution in [1.82, 2.24) is 0 Å². The normalized spacial score (nSPS) is 15.4. The van der Waals surface area contributed by atoms with E-state index in [0.717, 1.165) is 16.5 Å². The van der Waals surface area contributed by atoms with E-state index in [0.29, 0.717) is 0 Å². The van der Waals surface area contributed by atoms with Gasteiger partial charge >= 0.3 is 0 Å². The summed E-state index contributed by atoms with van der Waals surface area (Å²) in [6.45, 7) is 0. The monoisotopic (exact) mass is 382 g/mol. The Bertz CT molecular complexity index is 852. The lowest BCUT2D eigenvalue weighted by molar-refractivity contribution is 0.586. The Kier molecular flexibility index (Phi) is 4.64. The Hall–Kier alpha value is -1.67. The highest BCUT2D eigenvalue weighted by molar-refractivity contribution is 8.03. The molecule has 0 aromatic heterocycles. The summed E-state index contributed by atoms with van der Waals surface area (Å²) in [6, 6.07) is 26.9. The fourth-order valence-electron chi connectivity index (χ4n) is 3.29. The van der Waals surface area contributed by atoms with Crippen molar-refractivity contribution in [2.24, 2.45) is 0 Å². The summed E-state index contributed by atoms with van der Waals surface area (Å²) in [5, 5.41) is 1.52. The lowest BCUT2D eigenvalue weighted by Gasteiger charge is -2.43. The zero-order valence-corrected chi connectivity index (χ0v) is 15.8. The van der Waals surface area contributed by atoms with Crippen LogP contribution in [0.15, 0.2) is 94.7 Å². The summed E-state index contributed by atoms with van der Waals surface area (Å²) in [5.41, 5.74) is 2.40. The smallest absolute Gasteiger partial charge is 0.0545 e. The molecule has 0 saturated heterocycles. The molecule has 25 heavy (non-hydrogen) atoms. The van der Waals surface area contributed by atoms with Crippen molar-refractivity contribution in [2.75, 3.05) is 0 Å². The fraction of sp³-hybridized carbons (Fsp3) is 0.0909. The van der Waals surface area contributed by atoms with Crippen molar-refractivity contribution in [3.05, 3.63) is 111 Å². The van der Waals surface area contributed by atoms with Gasteiger partial charge in [-0.2, -0.15) is 0 Å². The minimum atomic E-state index is -0.129. The summed E-state index contributed by atoms with van der Waals surface area (Å²) >= 11 is 14.1. The Morgan fingerprint density at radius 1 is 0.680 bits per heavy atom. The third kappa shape index (κ3) is 3.13. The third-order valence-electron chi connectivity index (χ3n) is 4.66. The maximum atomic E-state index is 6.12. The average molecular weight is 383 g/mol. The molecule has 1 aliphatic carbocycles. The van der Waals surface area contributed by atoms with Gasteiger partial charge in [-0.25, -0.2) is 0 Å². The molecule has 3 aromatic carbocycles. The Morgan fingerprint density at radius 2 is 1.20 bits per heavy atom. The largest absolute Gasteiger partial charge is 0.0936 e. The average Bonchev–Trinajstić information content (AvgIpc) is 2.63. The molecular formula is C22H16Cl2S. The van der Waals surface area contributed by atoms with Crippen LogP contribution in [-0.2, 0) is 5.41 Å². The molecule has 0 radical (unpaired) electrons. The standard InChI is InChI=1S/C22H16Cl2S/c23-18-10-6-16(7-11-18)22(17-8-12-19(24)13-9-17)15-14-21(22)25-20-4-2-1-3-5-20/h1-14H,15H2. The van der Waals surface area contributed by atoms with Crippen LogP contribution >= 0.6 is 35.0 Å². The van der Waals surface area contributed by atoms with Crippen LogP contribution in [0.1, 0.15) is 17.5 Å². The molecule has 3 aromatic rings. The SMILES string of the molecule is Clc1ccc(C2(c3ccc(Cl)cc3)CC=C2Sc2ccccc2)cc1. The van der Waals surface area contributed by atoms with Crippen LogP contribution in [0, 0.1) is 0 Å². The highest BCUT2D eigenvalue weighted by atomic mass is 35.5. The maximum absolute atomic E-state index is 6.12. The Balaban J connectivity index is 1.79. The number of thioether (sulfide) groups is 1. The summed E-state index contributed by atoms with van der Waals surface area (Å²) < 4.78 is 0. The van der Waals surface area contributed by atoms with E-state index < -0.39 is 0 Å². The number of rotatable bonds is 4. The second kappa shape index (κ2) is 6.92. The zero-order valence-electron chi connectivity index (χ0n) is 13.5. The molecule has 0 amide bonds. The van der Waals surface area contributed by atoms with Crippen LogP contribution in [-0.4, -0.2) is 0 Å². The van der Waals surface area contributed by atoms with Crippen LogP contribution in [0.4, 0.5) is 0 Å². The van der Waals surface area contributed by atoms with Gasteiger partial charge < -0.3 is 0 Å². The van der Waals surface area contributed by atoms with Gasteiger partial charge in [0.1, 0.15) is 0 Å². The molecule has 0 atom stereocenters. The molecule has 3 heteroatoms. The zero-order chi connectivity index (χ0) is 17.3. The summed E-state index contributed by atoms with van der Waals surface area (Å²) in [7, 11) is 0. The third-order valence-corrected chi connectivity index (χ3v) is 6.41. The van der Waals surface area contributed by atoms with E-state index in [4.69, 9.17) is 23.2 Å². The van der Waals surface area contributed by atoms with Crippen molar-refractivity contribution < 1.29 is 0 Å². The van der Waals surface area contributed by atoms with Crippen LogP contribution < -0.4 is 0 Å². The number of hydrogen-bond donors (Lipinski definition) is 0. The first-order valence-electron chi connectivity index (χ1n) is 8.14. The predicted molar refractivity (Wildman–Crippen MR) is 109 cm³/mol. The van der Waals surface area contributed by atoms with E-state index in [9.17, 15) is 0 Å². The van der Waals surface area contributed by atoms with Crippen molar-refractivity contribution >= 4 is 35.0 Å². The molecule has 0 N–H and O–H groups in total. The number of allylic oxidation sites excluding steroid dienone is 2. The van der Waals surface area contributed by atoms with E-state index >= 15 is 0 Å². The van der Waals surface area contributed by atoms with Gasteiger partial charge in [-0.15, -0.1) is 0 Å². The van der Waals surface area contributed by atoms with E-state index in [-0.39, 0.29) is 5.41 Å². The van der Waals surface area contributed by atoms with Gasteiger partial charge in [0.15, 0.2) is 0 Å². The van der Waals surface area contributed by atoms with Crippen molar-refractivity contribution in [3.8, 4) is 0 Å². The van der Waals surface area contributed by atoms with Crippen molar-refractivity contribution in [3.63, 3.8) is 0 Å². The molecule has 0 spiro atoms. The highest BCUT2D eigenvalue weighted by Crippen LogP contribution is 2.55. The predicted octanol–water partition coefficient (Wildman–Crippen LogP) is 7.36. The lowest BCUT2D eigenvalue weighted by atomic mass is 9.66. The quantitative estimate of drug-likeness (QED) is 0.454. The lowest BCUT2D eigenvalue weighted by Crippen LogP contribution is -2.34. The molecule has 0 nitrogen and oxygen atoms in total. The summed E-state index contributed by atoms with van der Waals surface area (Å²) in [4.78, 5) is 2.60. The molecule has 0 heterocycles. The summed E-state index contributed by atoms with van der Waals surface area (Å²) in [6.07, 6.45) is 3.30. The van der Waals surface area contributed by atoms with E-state index in [2.05, 4.69) is 54.6 Å². The Morgan fingerprint density at radius 3 is 1.64 bits per heavy atom. The topological polar surface area (TPSA) is 0 Å². The van der Waals surface area contributed by atoms with E-state index in [1.165, 1.54) is 20.9 Å². The molecule has 1 aliphatic rings. The number of benzene rings is 3. The highest BCUT2D eigenvalue weighted by Gasteiger charge is 2.43. The molecule has 0 bridgehead atoms. The van der Waals surface area contributed by atoms with Gasteiger partial charge in [0, 0.05) is 19.8 Å². The van der Waals surface area contributed by atoms with Crippen LogP contribution in [0.3, 0.4) is 0 Å². The first-order valence-corrected chi connectivity index (χ1v) is 9.71. The van der Waals surface area contributed by atoms with Crippen LogP contribution in [0.5, 0.6) is 0 Å². The minimum absolute atomic E-state index is 0.129. The van der Waals surface area contributed by atoms with Gasteiger partial charge in [-0.1, -0.05) is 83.5 Å². The first kappa shape index (κ1) is 16.8.